The molecule has 0 radical (unpaired) electrons. The highest BCUT2D eigenvalue weighted by Gasteiger charge is 2.29. The highest BCUT2D eigenvalue weighted by Crippen LogP contribution is 2.22. The van der Waals surface area contributed by atoms with Crippen molar-refractivity contribution in [3.8, 4) is 11.4 Å². The third-order valence-electron chi connectivity index (χ3n) is 5.02. The van der Waals surface area contributed by atoms with Gasteiger partial charge in [-0.05, 0) is 43.3 Å². The van der Waals surface area contributed by atoms with E-state index in [4.69, 9.17) is 0 Å². The summed E-state index contributed by atoms with van der Waals surface area (Å²) in [5.74, 6) is 0.537. The van der Waals surface area contributed by atoms with Crippen LogP contribution in [0.3, 0.4) is 0 Å². The number of rotatable bonds is 5. The van der Waals surface area contributed by atoms with E-state index in [9.17, 15) is 13.2 Å². The zero-order valence-corrected chi connectivity index (χ0v) is 17.3. The second kappa shape index (κ2) is 8.29. The minimum atomic E-state index is -3.66. The summed E-state index contributed by atoms with van der Waals surface area (Å²) in [5, 5.41) is 8.53. The number of anilines is 1. The lowest BCUT2D eigenvalue weighted by Gasteiger charge is -2.34. The van der Waals surface area contributed by atoms with Gasteiger partial charge >= 0.3 is 0 Å². The van der Waals surface area contributed by atoms with Gasteiger partial charge in [-0.1, -0.05) is 18.2 Å². The Hall–Kier alpha value is -3.17. The van der Waals surface area contributed by atoms with Crippen LogP contribution in [0.5, 0.6) is 0 Å². The summed E-state index contributed by atoms with van der Waals surface area (Å²) < 4.78 is 27.4. The number of hydrogen-bond acceptors (Lipinski definition) is 7. The predicted molar refractivity (Wildman–Crippen MR) is 113 cm³/mol. The van der Waals surface area contributed by atoms with Gasteiger partial charge in [0.2, 0.25) is 10.0 Å². The molecule has 0 saturated carbocycles. The molecule has 8 nitrogen and oxygen atoms in total. The van der Waals surface area contributed by atoms with Crippen LogP contribution >= 0.6 is 0 Å². The van der Waals surface area contributed by atoms with Gasteiger partial charge in [-0.3, -0.25) is 9.78 Å². The Morgan fingerprint density at radius 2 is 1.70 bits per heavy atom. The Balaban J connectivity index is 1.45. The average molecular weight is 423 g/mol. The minimum Gasteiger partial charge on any atom is -0.352 e. The lowest BCUT2D eigenvalue weighted by Crippen LogP contribution is -2.49. The van der Waals surface area contributed by atoms with Gasteiger partial charge in [0, 0.05) is 37.9 Å². The Labute approximate surface area is 175 Å². The van der Waals surface area contributed by atoms with E-state index in [0.29, 0.717) is 43.3 Å². The SMILES string of the molecule is CC(=O)c1cccc(S(=O)(=O)N2CCN(c3ccc(-c4ccccn4)nn3)CC2)c1. The van der Waals surface area contributed by atoms with Gasteiger partial charge in [0.05, 0.1) is 10.6 Å². The number of nitrogens with zero attached hydrogens (tertiary/aromatic N) is 5. The number of hydrogen-bond donors (Lipinski definition) is 0. The minimum absolute atomic E-state index is 0.142. The highest BCUT2D eigenvalue weighted by molar-refractivity contribution is 7.89. The number of carbonyl (C=O) groups is 1. The average Bonchev–Trinajstić information content (AvgIpc) is 2.80. The number of sulfonamides is 1. The molecule has 1 aliphatic heterocycles. The quantitative estimate of drug-likeness (QED) is 0.581. The van der Waals surface area contributed by atoms with Crippen molar-refractivity contribution in [1.82, 2.24) is 19.5 Å². The fraction of sp³-hybridized carbons (Fsp3) is 0.238. The van der Waals surface area contributed by atoms with Crippen LogP contribution in [0.15, 0.2) is 65.7 Å². The first kappa shape index (κ1) is 20.1. The van der Waals surface area contributed by atoms with Crippen molar-refractivity contribution in [2.75, 3.05) is 31.1 Å². The van der Waals surface area contributed by atoms with Crippen LogP contribution in [0.1, 0.15) is 17.3 Å². The molecule has 1 saturated heterocycles. The molecule has 1 aromatic carbocycles. The van der Waals surface area contributed by atoms with Crippen molar-refractivity contribution in [2.45, 2.75) is 11.8 Å². The maximum atomic E-state index is 13.0. The number of piperazine rings is 1. The largest absolute Gasteiger partial charge is 0.352 e. The normalized spacial score (nSPS) is 15.2. The van der Waals surface area contributed by atoms with Crippen LogP contribution in [-0.4, -0.2) is 59.9 Å². The number of ketones is 1. The standard InChI is InChI=1S/C21H21N5O3S/c1-16(27)17-5-4-6-18(15-17)30(28,29)26-13-11-25(12-14-26)21-9-8-20(23-24-21)19-7-2-3-10-22-19/h2-10,15H,11-14H2,1H3. The Morgan fingerprint density at radius 3 is 2.33 bits per heavy atom. The zero-order chi connectivity index (χ0) is 21.1. The van der Waals surface area contributed by atoms with E-state index >= 15 is 0 Å². The molecule has 0 spiro atoms. The molecule has 3 aromatic rings. The Kier molecular flexibility index (Phi) is 5.56. The molecule has 2 aromatic heterocycles. The molecular weight excluding hydrogens is 402 g/mol. The summed E-state index contributed by atoms with van der Waals surface area (Å²) in [6, 6.07) is 15.5. The Bertz CT molecular complexity index is 1140. The highest BCUT2D eigenvalue weighted by atomic mass is 32.2. The van der Waals surface area contributed by atoms with Crippen LogP contribution in [-0.2, 0) is 10.0 Å². The predicted octanol–water partition coefficient (Wildman–Crippen LogP) is 2.25. The van der Waals surface area contributed by atoms with Crippen molar-refractivity contribution in [2.24, 2.45) is 0 Å². The third kappa shape index (κ3) is 4.07. The number of carbonyl (C=O) groups excluding carboxylic acids is 1. The van der Waals surface area contributed by atoms with E-state index in [2.05, 4.69) is 15.2 Å². The first-order valence-electron chi connectivity index (χ1n) is 9.56. The molecule has 4 rings (SSSR count). The molecule has 1 fully saturated rings. The summed E-state index contributed by atoms with van der Waals surface area (Å²) in [5.41, 5.74) is 1.82. The van der Waals surface area contributed by atoms with E-state index in [0.717, 1.165) is 5.69 Å². The van der Waals surface area contributed by atoms with Crippen molar-refractivity contribution in [3.63, 3.8) is 0 Å². The summed E-state index contributed by atoms with van der Waals surface area (Å²) in [4.78, 5) is 18.0. The van der Waals surface area contributed by atoms with Gasteiger partial charge in [-0.2, -0.15) is 4.31 Å². The van der Waals surface area contributed by atoms with E-state index in [1.165, 1.54) is 23.4 Å². The van der Waals surface area contributed by atoms with Crippen LogP contribution in [0.25, 0.3) is 11.4 Å². The second-order valence-electron chi connectivity index (χ2n) is 6.97. The van der Waals surface area contributed by atoms with E-state index in [1.807, 2.05) is 35.2 Å². The van der Waals surface area contributed by atoms with Gasteiger partial charge in [0.1, 0.15) is 5.69 Å². The van der Waals surface area contributed by atoms with Crippen LogP contribution in [0.2, 0.25) is 0 Å². The van der Waals surface area contributed by atoms with Gasteiger partial charge in [0.15, 0.2) is 11.6 Å². The first-order chi connectivity index (χ1) is 14.4. The number of Topliss-reactive ketones (excluding diaryl/α,β-unsaturated/α-hetero) is 1. The van der Waals surface area contributed by atoms with E-state index in [-0.39, 0.29) is 10.7 Å². The monoisotopic (exact) mass is 423 g/mol. The fourth-order valence-corrected chi connectivity index (χ4v) is 4.80. The van der Waals surface area contributed by atoms with E-state index in [1.54, 1.807) is 18.3 Å². The van der Waals surface area contributed by atoms with Crippen LogP contribution in [0, 0.1) is 0 Å². The second-order valence-corrected chi connectivity index (χ2v) is 8.90. The zero-order valence-electron chi connectivity index (χ0n) is 16.5. The van der Waals surface area contributed by atoms with Gasteiger partial charge < -0.3 is 4.90 Å². The summed E-state index contributed by atoms with van der Waals surface area (Å²) >= 11 is 0. The maximum absolute atomic E-state index is 13.0. The molecule has 0 amide bonds. The van der Waals surface area contributed by atoms with Crippen molar-refractivity contribution < 1.29 is 13.2 Å². The van der Waals surface area contributed by atoms with Crippen LogP contribution < -0.4 is 4.90 Å². The molecule has 0 aliphatic carbocycles. The smallest absolute Gasteiger partial charge is 0.243 e. The topological polar surface area (TPSA) is 96.4 Å². The van der Waals surface area contributed by atoms with Gasteiger partial charge in [-0.25, -0.2) is 8.42 Å². The lowest BCUT2D eigenvalue weighted by atomic mass is 10.2. The maximum Gasteiger partial charge on any atom is 0.243 e. The molecule has 1 aliphatic rings. The first-order valence-corrected chi connectivity index (χ1v) is 11.0. The molecule has 0 atom stereocenters. The lowest BCUT2D eigenvalue weighted by molar-refractivity contribution is 0.101. The summed E-state index contributed by atoms with van der Waals surface area (Å²) in [6.45, 7) is 3.09. The fourth-order valence-electron chi connectivity index (χ4n) is 3.33. The summed E-state index contributed by atoms with van der Waals surface area (Å²) in [7, 11) is -3.66. The van der Waals surface area contributed by atoms with Gasteiger partial charge in [-0.15, -0.1) is 10.2 Å². The molecule has 0 unspecified atom stereocenters. The van der Waals surface area contributed by atoms with Gasteiger partial charge in [0.25, 0.3) is 0 Å². The van der Waals surface area contributed by atoms with Crippen molar-refractivity contribution in [3.05, 3.63) is 66.4 Å². The summed E-state index contributed by atoms with van der Waals surface area (Å²) in [6.07, 6.45) is 1.71. The third-order valence-corrected chi connectivity index (χ3v) is 6.91. The van der Waals surface area contributed by atoms with Crippen LogP contribution in [0.4, 0.5) is 5.82 Å². The number of benzene rings is 1. The number of aromatic nitrogens is 3. The molecule has 0 bridgehead atoms. The van der Waals surface area contributed by atoms with Crippen molar-refractivity contribution >= 4 is 21.6 Å². The molecular formula is C21H21N5O3S. The molecule has 0 N–H and O–H groups in total. The van der Waals surface area contributed by atoms with E-state index < -0.39 is 10.0 Å². The molecule has 154 valence electrons. The Morgan fingerprint density at radius 1 is 0.900 bits per heavy atom. The van der Waals surface area contributed by atoms with Crippen molar-refractivity contribution in [1.29, 1.82) is 0 Å². The molecule has 30 heavy (non-hydrogen) atoms. The number of pyridine rings is 1. The molecule has 3 heterocycles. The molecule has 9 heteroatoms.